The summed E-state index contributed by atoms with van der Waals surface area (Å²) < 4.78 is 5.64. The first-order valence-electron chi connectivity index (χ1n) is 10.7. The zero-order valence-corrected chi connectivity index (χ0v) is 17.9. The number of aromatic nitrogens is 2. The van der Waals surface area contributed by atoms with E-state index in [9.17, 15) is 5.11 Å². The second kappa shape index (κ2) is 8.55. The fourth-order valence-electron chi connectivity index (χ4n) is 4.20. The first-order chi connectivity index (χ1) is 14.9. The first kappa shape index (κ1) is 21.1. The molecule has 0 radical (unpaired) electrons. The number of nitrogens with zero attached hydrogens (tertiary/aromatic N) is 4. The van der Waals surface area contributed by atoms with Crippen molar-refractivity contribution in [3.05, 3.63) is 59.8 Å². The Morgan fingerprint density at radius 2 is 1.94 bits per heavy atom. The highest BCUT2D eigenvalue weighted by Gasteiger charge is 2.47. The minimum absolute atomic E-state index is 0.230. The Hall–Kier alpha value is -3.13. The number of aliphatic hydroxyl groups excluding tert-OH is 1. The summed E-state index contributed by atoms with van der Waals surface area (Å²) in [4.78, 5) is 10.9. The molecule has 8 nitrogen and oxygen atoms in total. The van der Waals surface area contributed by atoms with E-state index in [4.69, 9.17) is 21.0 Å². The zero-order chi connectivity index (χ0) is 22.0. The number of allylic oxidation sites excluding steroid dienone is 1. The van der Waals surface area contributed by atoms with Crippen LogP contribution in [0, 0.1) is 5.92 Å². The largest absolute Gasteiger partial charge is 0.404 e. The highest BCUT2D eigenvalue weighted by Crippen LogP contribution is 2.50. The number of hydrogen-bond acceptors (Lipinski definition) is 8. The molecule has 2 heterocycles. The van der Waals surface area contributed by atoms with E-state index in [1.165, 1.54) is 6.20 Å². The van der Waals surface area contributed by atoms with Crippen molar-refractivity contribution in [1.82, 2.24) is 10.1 Å². The number of benzene rings is 1. The number of aliphatic imine (C=N–C) groups is 1. The number of aliphatic hydroxyl groups is 1. The maximum Gasteiger partial charge on any atom is 0.324 e. The van der Waals surface area contributed by atoms with Crippen molar-refractivity contribution in [1.29, 1.82) is 0 Å². The Morgan fingerprint density at radius 1 is 1.26 bits per heavy atom. The third kappa shape index (κ3) is 4.34. The van der Waals surface area contributed by atoms with Crippen LogP contribution >= 0.6 is 0 Å². The smallest absolute Gasteiger partial charge is 0.324 e. The van der Waals surface area contributed by atoms with Crippen LogP contribution in [-0.4, -0.2) is 40.7 Å². The standard InChI is InChI=1S/C23H30N6O2/c1-15(25)26-14-17(13-24)16-3-5-18(6-4-16)23(2,19-7-8-19)21-27-22(31-28-21)29-11-9-20(30)10-12-29/h3-6,13-14,19-20,30H,1,7-12,24-25H2,2H3/b17-13+,26-14?/t23-/m0/s1. The van der Waals surface area contributed by atoms with Gasteiger partial charge in [0.1, 0.15) is 5.82 Å². The summed E-state index contributed by atoms with van der Waals surface area (Å²) in [6.07, 6.45) is 6.58. The Morgan fingerprint density at radius 3 is 2.52 bits per heavy atom. The van der Waals surface area contributed by atoms with E-state index in [1.807, 2.05) is 12.1 Å². The molecule has 1 aromatic heterocycles. The highest BCUT2D eigenvalue weighted by atomic mass is 16.5. The first-order valence-corrected chi connectivity index (χ1v) is 10.7. The predicted molar refractivity (Wildman–Crippen MR) is 121 cm³/mol. The van der Waals surface area contributed by atoms with Crippen LogP contribution in [0.4, 0.5) is 6.01 Å². The Kier molecular flexibility index (Phi) is 5.82. The molecule has 1 aliphatic heterocycles. The zero-order valence-electron chi connectivity index (χ0n) is 17.9. The van der Waals surface area contributed by atoms with Gasteiger partial charge in [0.05, 0.1) is 11.5 Å². The Labute approximate surface area is 182 Å². The van der Waals surface area contributed by atoms with E-state index in [0.717, 1.165) is 55.5 Å². The van der Waals surface area contributed by atoms with Crippen LogP contribution in [0.15, 0.2) is 52.4 Å². The van der Waals surface area contributed by atoms with Gasteiger partial charge in [-0.2, -0.15) is 4.98 Å². The number of hydrogen-bond donors (Lipinski definition) is 3. The number of anilines is 1. The van der Waals surface area contributed by atoms with Crippen LogP contribution in [0.25, 0.3) is 5.57 Å². The minimum atomic E-state index is -0.332. The lowest BCUT2D eigenvalue weighted by molar-refractivity contribution is 0.143. The van der Waals surface area contributed by atoms with Gasteiger partial charge in [0, 0.05) is 31.1 Å². The normalized spacial score (nSPS) is 20.2. The van der Waals surface area contributed by atoms with Crippen LogP contribution in [0.5, 0.6) is 0 Å². The molecule has 0 spiro atoms. The van der Waals surface area contributed by atoms with E-state index in [0.29, 0.717) is 17.8 Å². The summed E-state index contributed by atoms with van der Waals surface area (Å²) >= 11 is 0. The molecule has 4 rings (SSSR count). The van der Waals surface area contributed by atoms with Crippen molar-refractivity contribution in [3.8, 4) is 0 Å². The van der Waals surface area contributed by atoms with Gasteiger partial charge in [-0.25, -0.2) is 4.99 Å². The van der Waals surface area contributed by atoms with Gasteiger partial charge in [0.25, 0.3) is 0 Å². The van der Waals surface area contributed by atoms with Gasteiger partial charge in [-0.1, -0.05) is 36.0 Å². The lowest BCUT2D eigenvalue weighted by Gasteiger charge is -2.28. The van der Waals surface area contributed by atoms with Crippen LogP contribution in [0.2, 0.25) is 0 Å². The molecule has 1 aromatic carbocycles. The number of nitrogens with two attached hydrogens (primary N) is 2. The third-order valence-electron chi connectivity index (χ3n) is 6.38. The van der Waals surface area contributed by atoms with Crippen LogP contribution in [-0.2, 0) is 5.41 Å². The Bertz CT molecular complexity index is 984. The molecule has 2 aliphatic rings. The SMILES string of the molecule is C=C(N)N=C/C(=C\N)c1ccc([C@](C)(c2noc(N3CCC(O)CC3)n2)C2CC2)cc1. The van der Waals surface area contributed by atoms with Gasteiger partial charge in [-0.15, -0.1) is 0 Å². The lowest BCUT2D eigenvalue weighted by atomic mass is 9.76. The fourth-order valence-corrected chi connectivity index (χ4v) is 4.20. The van der Waals surface area contributed by atoms with Crippen molar-refractivity contribution < 1.29 is 9.63 Å². The van der Waals surface area contributed by atoms with Crippen molar-refractivity contribution in [3.63, 3.8) is 0 Å². The summed E-state index contributed by atoms with van der Waals surface area (Å²) in [7, 11) is 0. The molecule has 8 heteroatoms. The van der Waals surface area contributed by atoms with Crippen molar-refractivity contribution in [2.24, 2.45) is 22.4 Å². The van der Waals surface area contributed by atoms with E-state index in [2.05, 4.69) is 40.7 Å². The molecule has 164 valence electrons. The van der Waals surface area contributed by atoms with Gasteiger partial charge in [-0.3, -0.25) is 0 Å². The summed E-state index contributed by atoms with van der Waals surface area (Å²) in [6, 6.07) is 8.77. The average molecular weight is 423 g/mol. The average Bonchev–Trinajstić information content (AvgIpc) is 3.51. The molecule has 0 amide bonds. The highest BCUT2D eigenvalue weighted by molar-refractivity contribution is 6.09. The van der Waals surface area contributed by atoms with Crippen molar-refractivity contribution >= 4 is 17.8 Å². The van der Waals surface area contributed by atoms with E-state index in [1.54, 1.807) is 6.21 Å². The van der Waals surface area contributed by atoms with Crippen molar-refractivity contribution in [2.45, 2.75) is 44.1 Å². The molecule has 2 fully saturated rings. The van der Waals surface area contributed by atoms with Crippen LogP contribution in [0.1, 0.15) is 49.6 Å². The Balaban J connectivity index is 1.60. The second-order valence-electron chi connectivity index (χ2n) is 8.54. The second-order valence-corrected chi connectivity index (χ2v) is 8.54. The molecule has 31 heavy (non-hydrogen) atoms. The third-order valence-corrected chi connectivity index (χ3v) is 6.38. The maximum absolute atomic E-state index is 9.75. The van der Waals surface area contributed by atoms with Gasteiger partial charge in [-0.05, 0) is 49.7 Å². The summed E-state index contributed by atoms with van der Waals surface area (Å²) in [5.74, 6) is 1.41. The number of rotatable bonds is 7. The molecule has 1 saturated heterocycles. The minimum Gasteiger partial charge on any atom is -0.404 e. The molecular formula is C23H30N6O2. The van der Waals surface area contributed by atoms with Crippen LogP contribution < -0.4 is 16.4 Å². The lowest BCUT2D eigenvalue weighted by Crippen LogP contribution is -2.36. The fraction of sp³-hybridized carbons (Fsp3) is 0.435. The predicted octanol–water partition coefficient (Wildman–Crippen LogP) is 2.55. The monoisotopic (exact) mass is 422 g/mol. The molecule has 1 saturated carbocycles. The molecule has 0 unspecified atom stereocenters. The van der Waals surface area contributed by atoms with Gasteiger partial charge in [0.2, 0.25) is 0 Å². The molecule has 2 aromatic rings. The quantitative estimate of drug-likeness (QED) is 0.585. The molecule has 5 N–H and O–H groups in total. The summed E-state index contributed by atoms with van der Waals surface area (Å²) in [5.41, 5.74) is 13.8. The van der Waals surface area contributed by atoms with E-state index >= 15 is 0 Å². The maximum atomic E-state index is 9.75. The molecule has 1 atom stereocenters. The van der Waals surface area contributed by atoms with Crippen LogP contribution in [0.3, 0.4) is 0 Å². The van der Waals surface area contributed by atoms with Gasteiger partial charge >= 0.3 is 6.01 Å². The topological polar surface area (TPSA) is 127 Å². The van der Waals surface area contributed by atoms with Gasteiger partial charge in [0.15, 0.2) is 5.82 Å². The molecular weight excluding hydrogens is 392 g/mol. The van der Waals surface area contributed by atoms with Gasteiger partial charge < -0.3 is 26.0 Å². The van der Waals surface area contributed by atoms with E-state index in [-0.39, 0.29) is 17.3 Å². The number of piperidine rings is 1. The van der Waals surface area contributed by atoms with E-state index < -0.39 is 0 Å². The molecule has 1 aliphatic carbocycles. The summed E-state index contributed by atoms with van der Waals surface area (Å²) in [5, 5.41) is 14.1. The summed E-state index contributed by atoms with van der Waals surface area (Å²) in [6.45, 7) is 7.21. The molecule has 0 bridgehead atoms. The van der Waals surface area contributed by atoms with Crippen molar-refractivity contribution in [2.75, 3.05) is 18.0 Å².